The number of sulfonamides is 1. The Morgan fingerprint density at radius 3 is 2.52 bits per heavy atom. The van der Waals surface area contributed by atoms with Crippen LogP contribution in [0.2, 0.25) is 0 Å². The first kappa shape index (κ1) is 15.9. The van der Waals surface area contributed by atoms with Gasteiger partial charge in [-0.3, -0.25) is 0 Å². The van der Waals surface area contributed by atoms with Crippen molar-refractivity contribution >= 4 is 21.4 Å². The molecular formula is C16H16N2O3S2. The Balaban J connectivity index is 2.01. The van der Waals surface area contributed by atoms with Gasteiger partial charge in [0.2, 0.25) is 10.0 Å². The second-order valence-electron chi connectivity index (χ2n) is 5.11. The van der Waals surface area contributed by atoms with E-state index in [0.717, 1.165) is 5.56 Å². The zero-order chi connectivity index (χ0) is 16.4. The molecule has 5 nitrogen and oxygen atoms in total. The van der Waals surface area contributed by atoms with Gasteiger partial charge in [-0.25, -0.2) is 13.4 Å². The third kappa shape index (κ3) is 3.36. The Hall–Kier alpha value is -1.96. The first-order valence-electron chi connectivity index (χ1n) is 7.01. The maximum Gasteiger partial charge on any atom is 0.244 e. The van der Waals surface area contributed by atoms with Crippen molar-refractivity contribution in [2.24, 2.45) is 0 Å². The minimum atomic E-state index is -3.72. The first-order chi connectivity index (χ1) is 11.0. The van der Waals surface area contributed by atoms with Crippen LogP contribution in [0.1, 0.15) is 28.1 Å². The molecule has 1 N–H and O–H groups in total. The number of nitrogens with zero attached hydrogens (tertiary/aromatic N) is 1. The third-order valence-corrected chi connectivity index (χ3v) is 5.76. The molecule has 0 saturated heterocycles. The van der Waals surface area contributed by atoms with Crippen molar-refractivity contribution in [1.82, 2.24) is 9.71 Å². The molecule has 0 aliphatic heterocycles. The summed E-state index contributed by atoms with van der Waals surface area (Å²) in [5, 5.41) is 2.52. The van der Waals surface area contributed by atoms with Crippen LogP contribution in [0.5, 0.6) is 0 Å². The fourth-order valence-corrected chi connectivity index (χ4v) is 4.59. The van der Waals surface area contributed by atoms with Gasteiger partial charge in [0.05, 0.1) is 6.04 Å². The smallest absolute Gasteiger partial charge is 0.244 e. The highest BCUT2D eigenvalue weighted by Crippen LogP contribution is 2.27. The van der Waals surface area contributed by atoms with E-state index in [1.54, 1.807) is 20.0 Å². The van der Waals surface area contributed by atoms with E-state index in [2.05, 4.69) is 9.71 Å². The normalized spacial score (nSPS) is 13.1. The number of furan rings is 1. The molecule has 1 atom stereocenters. The number of aromatic nitrogens is 1. The molecule has 2 heterocycles. The highest BCUT2D eigenvalue weighted by Gasteiger charge is 2.27. The second kappa shape index (κ2) is 6.27. The van der Waals surface area contributed by atoms with Gasteiger partial charge < -0.3 is 4.42 Å². The monoisotopic (exact) mass is 348 g/mol. The highest BCUT2D eigenvalue weighted by atomic mass is 32.2. The standard InChI is InChI=1S/C16H16N2O3S2/c1-11-10-14(12(2)21-11)23(19,20)18-15(16-17-8-9-22-16)13-6-4-3-5-7-13/h3-10,15,18H,1-2H3/t15-/m1/s1. The Bertz CT molecular complexity index is 885. The summed E-state index contributed by atoms with van der Waals surface area (Å²) in [5.41, 5.74) is 0.837. The van der Waals surface area contributed by atoms with E-state index in [9.17, 15) is 8.42 Å². The number of rotatable bonds is 5. The van der Waals surface area contributed by atoms with Crippen LogP contribution in [-0.2, 0) is 10.0 Å². The summed E-state index contributed by atoms with van der Waals surface area (Å²) in [4.78, 5) is 4.43. The number of thiazole rings is 1. The van der Waals surface area contributed by atoms with Gasteiger partial charge in [0.1, 0.15) is 21.4 Å². The SMILES string of the molecule is Cc1cc(S(=O)(=O)N[C@H](c2ccccc2)c2nccs2)c(C)o1. The lowest BCUT2D eigenvalue weighted by Gasteiger charge is -2.16. The molecule has 0 aliphatic rings. The zero-order valence-electron chi connectivity index (χ0n) is 12.7. The van der Waals surface area contributed by atoms with Crippen LogP contribution in [0.4, 0.5) is 0 Å². The van der Waals surface area contributed by atoms with Gasteiger partial charge in [-0.05, 0) is 25.5 Å². The first-order valence-corrected chi connectivity index (χ1v) is 9.37. The molecule has 0 fully saturated rings. The molecule has 0 aliphatic carbocycles. The van der Waals surface area contributed by atoms with Gasteiger partial charge in [0, 0.05) is 11.6 Å². The lowest BCUT2D eigenvalue weighted by Crippen LogP contribution is -2.29. The van der Waals surface area contributed by atoms with E-state index >= 15 is 0 Å². The van der Waals surface area contributed by atoms with Gasteiger partial charge in [-0.2, -0.15) is 4.72 Å². The second-order valence-corrected chi connectivity index (χ2v) is 7.72. The van der Waals surface area contributed by atoms with Crippen molar-refractivity contribution in [2.45, 2.75) is 24.8 Å². The third-order valence-electron chi connectivity index (χ3n) is 3.39. The van der Waals surface area contributed by atoms with Crippen molar-refractivity contribution in [3.8, 4) is 0 Å². The average molecular weight is 348 g/mol. The number of aryl methyl sites for hydroxylation is 2. The van der Waals surface area contributed by atoms with E-state index in [1.807, 2.05) is 35.7 Å². The minimum absolute atomic E-state index is 0.160. The lowest BCUT2D eigenvalue weighted by atomic mass is 10.1. The van der Waals surface area contributed by atoms with Crippen molar-refractivity contribution < 1.29 is 12.8 Å². The van der Waals surface area contributed by atoms with Gasteiger partial charge in [-0.1, -0.05) is 30.3 Å². The lowest BCUT2D eigenvalue weighted by molar-refractivity contribution is 0.495. The molecule has 3 aromatic rings. The summed E-state index contributed by atoms with van der Waals surface area (Å²) >= 11 is 1.41. The van der Waals surface area contributed by atoms with E-state index in [-0.39, 0.29) is 4.90 Å². The number of hydrogen-bond donors (Lipinski definition) is 1. The summed E-state index contributed by atoms with van der Waals surface area (Å²) in [5.74, 6) is 0.939. The van der Waals surface area contributed by atoms with Crippen LogP contribution in [0.25, 0.3) is 0 Å². The Kier molecular flexibility index (Phi) is 4.34. The van der Waals surface area contributed by atoms with E-state index in [0.29, 0.717) is 16.5 Å². The molecule has 3 rings (SSSR count). The summed E-state index contributed by atoms with van der Waals surface area (Å²) in [6, 6.07) is 10.4. The van der Waals surface area contributed by atoms with Gasteiger partial charge in [-0.15, -0.1) is 11.3 Å². The molecule has 2 aromatic heterocycles. The van der Waals surface area contributed by atoms with Crippen LogP contribution in [-0.4, -0.2) is 13.4 Å². The van der Waals surface area contributed by atoms with Gasteiger partial charge in [0.15, 0.2) is 0 Å². The molecule has 0 bridgehead atoms. The van der Waals surface area contributed by atoms with Crippen molar-refractivity contribution in [2.75, 3.05) is 0 Å². The van der Waals surface area contributed by atoms with Gasteiger partial charge >= 0.3 is 0 Å². The molecule has 0 amide bonds. The van der Waals surface area contributed by atoms with E-state index < -0.39 is 16.1 Å². The summed E-state index contributed by atoms with van der Waals surface area (Å²) in [6.07, 6.45) is 1.66. The molecule has 0 spiro atoms. The minimum Gasteiger partial charge on any atom is -0.465 e. The molecule has 0 saturated carbocycles. The topological polar surface area (TPSA) is 72.2 Å². The van der Waals surface area contributed by atoms with Gasteiger partial charge in [0.25, 0.3) is 0 Å². The summed E-state index contributed by atoms with van der Waals surface area (Å²) < 4.78 is 33.6. The van der Waals surface area contributed by atoms with Crippen LogP contribution < -0.4 is 4.72 Å². The largest absolute Gasteiger partial charge is 0.465 e. The Morgan fingerprint density at radius 2 is 1.96 bits per heavy atom. The number of benzene rings is 1. The average Bonchev–Trinajstić information content (AvgIpc) is 3.15. The van der Waals surface area contributed by atoms with Crippen LogP contribution in [0, 0.1) is 13.8 Å². The number of nitrogens with one attached hydrogen (secondary N) is 1. The summed E-state index contributed by atoms with van der Waals surface area (Å²) in [6.45, 7) is 3.37. The predicted octanol–water partition coefficient (Wildman–Crippen LogP) is 3.42. The highest BCUT2D eigenvalue weighted by molar-refractivity contribution is 7.89. The summed E-state index contributed by atoms with van der Waals surface area (Å²) in [7, 11) is -3.72. The molecule has 0 radical (unpaired) electrons. The Morgan fingerprint density at radius 1 is 1.22 bits per heavy atom. The molecule has 23 heavy (non-hydrogen) atoms. The number of hydrogen-bond acceptors (Lipinski definition) is 5. The molecular weight excluding hydrogens is 332 g/mol. The molecule has 1 aromatic carbocycles. The van der Waals surface area contributed by atoms with Crippen LogP contribution in [0.3, 0.4) is 0 Å². The molecule has 120 valence electrons. The fourth-order valence-electron chi connectivity index (χ4n) is 2.38. The maximum atomic E-state index is 12.8. The predicted molar refractivity (Wildman–Crippen MR) is 88.9 cm³/mol. The quantitative estimate of drug-likeness (QED) is 0.767. The molecule has 0 unspecified atom stereocenters. The van der Waals surface area contributed by atoms with Crippen LogP contribution >= 0.6 is 11.3 Å². The maximum absolute atomic E-state index is 12.8. The van der Waals surface area contributed by atoms with Crippen molar-refractivity contribution in [3.05, 3.63) is 70.1 Å². The molecule has 7 heteroatoms. The fraction of sp³-hybridized carbons (Fsp3) is 0.188. The van der Waals surface area contributed by atoms with E-state index in [1.165, 1.54) is 17.4 Å². The zero-order valence-corrected chi connectivity index (χ0v) is 14.3. The Labute approximate surface area is 139 Å². The van der Waals surface area contributed by atoms with E-state index in [4.69, 9.17) is 4.42 Å². The van der Waals surface area contributed by atoms with Crippen molar-refractivity contribution in [1.29, 1.82) is 0 Å². The van der Waals surface area contributed by atoms with Crippen molar-refractivity contribution in [3.63, 3.8) is 0 Å². The van der Waals surface area contributed by atoms with Crippen LogP contribution in [0.15, 0.2) is 57.3 Å².